The number of carbonyl (C=O) groups is 2. The number of ether oxygens (including phenoxy) is 4. The van der Waals surface area contributed by atoms with E-state index in [-0.39, 0.29) is 43.6 Å². The summed E-state index contributed by atoms with van der Waals surface area (Å²) >= 11 is 6.75. The number of nitrogens with zero attached hydrogens (tertiary/aromatic N) is 6. The first-order chi connectivity index (χ1) is 25.3. The minimum atomic E-state index is -5.08. The van der Waals surface area contributed by atoms with Crippen LogP contribution in [0.4, 0.5) is 32.6 Å². The van der Waals surface area contributed by atoms with Crippen molar-refractivity contribution in [2.75, 3.05) is 57.5 Å². The highest BCUT2D eigenvalue weighted by Gasteiger charge is 2.49. The summed E-state index contributed by atoms with van der Waals surface area (Å²) in [5.41, 5.74) is 1.32. The van der Waals surface area contributed by atoms with Gasteiger partial charge in [0.1, 0.15) is 35.9 Å². The number of alkyl halides is 4. The molecule has 284 valence electrons. The summed E-state index contributed by atoms with van der Waals surface area (Å²) in [4.78, 5) is 39.5. The van der Waals surface area contributed by atoms with Crippen LogP contribution in [0, 0.1) is 5.82 Å². The molecule has 0 unspecified atom stereocenters. The topological polar surface area (TPSA) is 165 Å². The van der Waals surface area contributed by atoms with E-state index in [9.17, 15) is 22.4 Å². The number of aromatic nitrogens is 5. The molecular formula is C33H33ClF5N7O7. The number of aliphatic carboxylic acids is 1. The highest BCUT2D eigenvalue weighted by Crippen LogP contribution is 2.42. The summed E-state index contributed by atoms with van der Waals surface area (Å²) in [5, 5.41) is 15.6. The average molecular weight is 770 g/mol. The van der Waals surface area contributed by atoms with Gasteiger partial charge in [0.05, 0.1) is 49.0 Å². The number of halogens is 6. The lowest BCUT2D eigenvalue weighted by Crippen LogP contribution is -2.43. The molecule has 3 aromatic heterocycles. The quantitative estimate of drug-likeness (QED) is 0.205. The molecule has 1 aromatic carbocycles. The van der Waals surface area contributed by atoms with E-state index in [1.165, 1.54) is 0 Å². The molecule has 5 aliphatic heterocycles. The van der Waals surface area contributed by atoms with Crippen molar-refractivity contribution < 1.29 is 55.6 Å². The van der Waals surface area contributed by atoms with E-state index in [1.807, 2.05) is 4.90 Å². The molecule has 6 bridgehead atoms. The summed E-state index contributed by atoms with van der Waals surface area (Å²) in [7, 11) is 0. The Bertz CT molecular complexity index is 2040. The fourth-order valence-electron chi connectivity index (χ4n) is 7.38. The molecule has 14 nitrogen and oxygen atoms in total. The van der Waals surface area contributed by atoms with Crippen LogP contribution < -0.4 is 9.64 Å². The van der Waals surface area contributed by atoms with Gasteiger partial charge in [-0.15, -0.1) is 0 Å². The Balaban J connectivity index is 0.000000568. The lowest BCUT2D eigenvalue weighted by molar-refractivity contribution is -0.192. The lowest BCUT2D eigenvalue weighted by atomic mass is 9.95. The average Bonchev–Trinajstić information content (AvgIpc) is 3.75. The highest BCUT2D eigenvalue weighted by atomic mass is 35.5. The fraction of sp³-hybridized carbons (Fsp3) is 0.515. The molecule has 8 heterocycles. The van der Waals surface area contributed by atoms with Gasteiger partial charge < -0.3 is 29.0 Å². The van der Waals surface area contributed by atoms with E-state index in [4.69, 9.17) is 45.4 Å². The van der Waals surface area contributed by atoms with E-state index in [2.05, 4.69) is 25.1 Å². The normalized spacial score (nSPS) is 23.6. The van der Waals surface area contributed by atoms with Gasteiger partial charge in [0.15, 0.2) is 5.82 Å². The molecule has 4 aromatic rings. The molecular weight excluding hydrogens is 737 g/mol. The summed E-state index contributed by atoms with van der Waals surface area (Å²) in [6.07, 6.45) is -1.47. The molecule has 9 rings (SSSR count). The zero-order chi connectivity index (χ0) is 37.5. The minimum absolute atomic E-state index is 0.0114. The maximum atomic E-state index is 17.0. The van der Waals surface area contributed by atoms with Crippen molar-refractivity contribution in [2.24, 2.45) is 0 Å². The third-order valence-corrected chi connectivity index (χ3v) is 10.1. The second kappa shape index (κ2) is 14.7. The Kier molecular flexibility index (Phi) is 10.2. The van der Waals surface area contributed by atoms with Crippen molar-refractivity contribution in [2.45, 2.75) is 56.1 Å². The molecule has 3 fully saturated rings. The second-order valence-electron chi connectivity index (χ2n) is 13.2. The molecule has 0 spiro atoms. The van der Waals surface area contributed by atoms with E-state index in [0.717, 1.165) is 19.4 Å². The number of carbonyl (C=O) groups excluding carboxylic acids is 1. The van der Waals surface area contributed by atoms with Crippen LogP contribution in [-0.4, -0.2) is 124 Å². The third kappa shape index (κ3) is 7.46. The molecule has 20 heteroatoms. The summed E-state index contributed by atoms with van der Waals surface area (Å²) < 4.78 is 86.2. The maximum absolute atomic E-state index is 17.0. The number of aromatic amines is 1. The molecule has 0 amide bonds. The van der Waals surface area contributed by atoms with Gasteiger partial charge >= 0.3 is 24.3 Å². The molecule has 3 saturated heterocycles. The molecule has 0 aliphatic carbocycles. The Labute approximate surface area is 302 Å². The van der Waals surface area contributed by atoms with Gasteiger partial charge in [0, 0.05) is 41.7 Å². The summed E-state index contributed by atoms with van der Waals surface area (Å²) in [6.45, 7) is 2.46. The van der Waals surface area contributed by atoms with E-state index in [1.54, 1.807) is 18.5 Å². The van der Waals surface area contributed by atoms with Gasteiger partial charge in [-0.2, -0.15) is 28.2 Å². The second-order valence-corrected chi connectivity index (χ2v) is 13.6. The standard InChI is InChI=1S/C31H32ClF2N7O5.C2HF3O2/c32-22-9-23-20(12-36-39-23)24-19(22)3-1-7-44-30(42)46-18-14-40(6-8-43-15-18)28-21-11-35-27(24)25(34)26(21)37-29(38-28)45-16-31-4-2-5-41(31)13-17(33)10-31;3-2(4,5)1(6)7/h9,11-12,17-18H,1-8,10,13-16H2,(H,36,39);(H,6,7)/t17-,18+,31+;/m1./s1. The van der Waals surface area contributed by atoms with Crippen LogP contribution >= 0.6 is 11.6 Å². The van der Waals surface area contributed by atoms with Crippen LogP contribution in [0.15, 0.2) is 18.5 Å². The van der Waals surface area contributed by atoms with E-state index in [0.29, 0.717) is 77.2 Å². The first-order valence-corrected chi connectivity index (χ1v) is 17.2. The first-order valence-electron chi connectivity index (χ1n) is 16.8. The van der Waals surface area contributed by atoms with Gasteiger partial charge in [-0.3, -0.25) is 15.0 Å². The number of fused-ring (bicyclic) bond motifs is 8. The Morgan fingerprint density at radius 3 is 2.75 bits per heavy atom. The number of carboxylic acid groups (broad SMARTS) is 1. The number of anilines is 1. The Morgan fingerprint density at radius 1 is 1.15 bits per heavy atom. The van der Waals surface area contributed by atoms with Gasteiger partial charge in [0.2, 0.25) is 0 Å². The molecule has 5 aliphatic rings. The number of nitrogens with one attached hydrogen (secondary N) is 1. The molecule has 2 N–H and O–H groups in total. The van der Waals surface area contributed by atoms with Gasteiger partial charge in [0.25, 0.3) is 0 Å². The molecule has 53 heavy (non-hydrogen) atoms. The Hall–Kier alpha value is -4.62. The van der Waals surface area contributed by atoms with E-state index < -0.39 is 41.9 Å². The van der Waals surface area contributed by atoms with Crippen molar-refractivity contribution in [1.82, 2.24) is 30.0 Å². The lowest BCUT2D eigenvalue weighted by Gasteiger charge is -2.31. The van der Waals surface area contributed by atoms with Crippen molar-refractivity contribution in [3.63, 3.8) is 0 Å². The largest absolute Gasteiger partial charge is 0.508 e. The Morgan fingerprint density at radius 2 is 1.96 bits per heavy atom. The molecule has 0 saturated carbocycles. The number of benzene rings is 1. The van der Waals surface area contributed by atoms with Gasteiger partial charge in [-0.1, -0.05) is 11.6 Å². The van der Waals surface area contributed by atoms with Gasteiger partial charge in [-0.25, -0.2) is 18.4 Å². The fourth-order valence-corrected chi connectivity index (χ4v) is 7.68. The van der Waals surface area contributed by atoms with Crippen molar-refractivity contribution in [3.8, 4) is 17.3 Å². The zero-order valence-electron chi connectivity index (χ0n) is 27.9. The smallest absolute Gasteiger partial charge is 0.475 e. The van der Waals surface area contributed by atoms with E-state index >= 15 is 4.39 Å². The van der Waals surface area contributed by atoms with Crippen molar-refractivity contribution >= 4 is 51.3 Å². The monoisotopic (exact) mass is 769 g/mol. The van der Waals surface area contributed by atoms with Crippen LogP contribution in [-0.2, 0) is 25.4 Å². The summed E-state index contributed by atoms with van der Waals surface area (Å²) in [5.74, 6) is -3.07. The van der Waals surface area contributed by atoms with Crippen LogP contribution in [0.2, 0.25) is 5.02 Å². The van der Waals surface area contributed by atoms with Crippen molar-refractivity contribution in [1.29, 1.82) is 0 Å². The van der Waals surface area contributed by atoms with Crippen LogP contribution in [0.3, 0.4) is 0 Å². The highest BCUT2D eigenvalue weighted by molar-refractivity contribution is 6.33. The zero-order valence-corrected chi connectivity index (χ0v) is 28.7. The van der Waals surface area contributed by atoms with Crippen LogP contribution in [0.5, 0.6) is 6.01 Å². The maximum Gasteiger partial charge on any atom is 0.508 e. The third-order valence-electron chi connectivity index (χ3n) is 9.74. The van der Waals surface area contributed by atoms with Crippen molar-refractivity contribution in [3.05, 3.63) is 34.9 Å². The first kappa shape index (κ1) is 36.7. The number of hydrogen-bond acceptors (Lipinski definition) is 12. The predicted molar refractivity (Wildman–Crippen MR) is 177 cm³/mol. The number of carboxylic acids is 1. The van der Waals surface area contributed by atoms with Crippen LogP contribution in [0.25, 0.3) is 33.1 Å². The predicted octanol–water partition coefficient (Wildman–Crippen LogP) is 5.25. The number of pyridine rings is 1. The van der Waals surface area contributed by atoms with Gasteiger partial charge in [-0.05, 0) is 43.9 Å². The summed E-state index contributed by atoms with van der Waals surface area (Å²) in [6, 6.07) is 1.70. The van der Waals surface area contributed by atoms with Crippen LogP contribution in [0.1, 0.15) is 31.2 Å². The number of hydrogen-bond donors (Lipinski definition) is 2. The molecule has 3 atom stereocenters. The number of H-pyrrole nitrogens is 1. The number of rotatable bonds is 3. The minimum Gasteiger partial charge on any atom is -0.475 e. The SMILES string of the molecule is O=C(O)C(F)(F)F.O=C1OCCCc2c(Cl)cc3[nH]ncc3c2-c2ncc3c(nc(OC[C@@]45CCCN4C[C@H](F)C5)nc3c2F)N2CCOC[C@H](C2)O1. The molecule has 0 radical (unpaired) electrons.